The molecule has 2 N–H and O–H groups in total. The quantitative estimate of drug-likeness (QED) is 0.257. The Morgan fingerprint density at radius 3 is 1.50 bits per heavy atom. The van der Waals surface area contributed by atoms with Gasteiger partial charge in [-0.05, 0) is 12.5 Å². The fourth-order valence-electron chi connectivity index (χ4n) is 2.17. The minimum absolute atomic E-state index is 0.303. The van der Waals surface area contributed by atoms with Crippen molar-refractivity contribution in [1.82, 2.24) is 0 Å². The van der Waals surface area contributed by atoms with Gasteiger partial charge in [-0.2, -0.15) is 0 Å². The number of amides is 1. The molecule has 0 unspecified atom stereocenters. The van der Waals surface area contributed by atoms with Gasteiger partial charge < -0.3 is 10.5 Å². The number of carbonyl (C=O) groups excluding carboxylic acids is 2. The first-order valence-corrected chi connectivity index (χ1v) is 9.29. The van der Waals surface area contributed by atoms with Crippen molar-refractivity contribution in [2.75, 3.05) is 6.61 Å². The number of hydrogen-bond donors (Lipinski definition) is 1. The third-order valence-electron chi connectivity index (χ3n) is 3.61. The zero-order chi connectivity index (χ0) is 18.5. The van der Waals surface area contributed by atoms with Gasteiger partial charge in [-0.1, -0.05) is 90.7 Å². The lowest BCUT2D eigenvalue weighted by molar-refractivity contribution is -0.137. The molecule has 0 aliphatic carbocycles. The highest BCUT2D eigenvalue weighted by Gasteiger charge is 1.96. The summed E-state index contributed by atoms with van der Waals surface area (Å²) in [5, 5.41) is 0. The smallest absolute Gasteiger partial charge is 0.330 e. The van der Waals surface area contributed by atoms with Crippen LogP contribution < -0.4 is 5.73 Å². The molecule has 0 radical (unpaired) electrons. The Bertz CT molecular complexity index is 327. The number of hydrogen-bond acceptors (Lipinski definition) is 3. The topological polar surface area (TPSA) is 69.4 Å². The zero-order valence-corrected chi connectivity index (χ0v) is 15.6. The standard InChI is InChI=1S/C17H32O2.C3H5NO/c1-3-5-6-7-8-9-10-11-12-13-14-15-16-19-17(18)4-2;1-2-3(4)5/h4H,2-3,5-16H2,1H3;2H,1H2,(H2,4,5). The first-order valence-electron chi connectivity index (χ1n) is 9.29. The minimum atomic E-state index is -0.481. The van der Waals surface area contributed by atoms with Crippen molar-refractivity contribution in [2.24, 2.45) is 5.73 Å². The molecule has 1 amide bonds. The molecule has 0 aromatic heterocycles. The molecular formula is C20H37NO3. The number of primary amides is 1. The molecule has 0 saturated heterocycles. The van der Waals surface area contributed by atoms with E-state index in [0.717, 1.165) is 12.5 Å². The average Bonchev–Trinajstić information content (AvgIpc) is 2.59. The van der Waals surface area contributed by atoms with Gasteiger partial charge >= 0.3 is 5.97 Å². The Labute approximate surface area is 148 Å². The maximum absolute atomic E-state index is 10.8. The van der Waals surface area contributed by atoms with Gasteiger partial charge in [-0.3, -0.25) is 4.79 Å². The third kappa shape index (κ3) is 25.4. The van der Waals surface area contributed by atoms with E-state index in [4.69, 9.17) is 4.74 Å². The van der Waals surface area contributed by atoms with Crippen molar-refractivity contribution in [3.8, 4) is 0 Å². The summed E-state index contributed by atoms with van der Waals surface area (Å²) >= 11 is 0. The van der Waals surface area contributed by atoms with Crippen LogP contribution in [0.2, 0.25) is 0 Å². The van der Waals surface area contributed by atoms with Crippen molar-refractivity contribution >= 4 is 11.9 Å². The fraction of sp³-hybridized carbons (Fsp3) is 0.700. The number of unbranched alkanes of at least 4 members (excludes halogenated alkanes) is 11. The van der Waals surface area contributed by atoms with E-state index in [9.17, 15) is 9.59 Å². The van der Waals surface area contributed by atoms with E-state index in [1.807, 2.05) is 0 Å². The second-order valence-electron chi connectivity index (χ2n) is 5.87. The lowest BCUT2D eigenvalue weighted by atomic mass is 10.1. The molecule has 0 aliphatic rings. The maximum Gasteiger partial charge on any atom is 0.330 e. The Morgan fingerprint density at radius 2 is 1.17 bits per heavy atom. The lowest BCUT2D eigenvalue weighted by Gasteiger charge is -2.03. The van der Waals surface area contributed by atoms with E-state index in [1.165, 1.54) is 76.7 Å². The first-order chi connectivity index (χ1) is 11.6. The van der Waals surface area contributed by atoms with Gasteiger partial charge in [0.1, 0.15) is 0 Å². The predicted molar refractivity (Wildman–Crippen MR) is 102 cm³/mol. The second-order valence-corrected chi connectivity index (χ2v) is 5.87. The molecule has 0 spiro atoms. The van der Waals surface area contributed by atoms with Gasteiger partial charge in [0.15, 0.2) is 0 Å². The summed E-state index contributed by atoms with van der Waals surface area (Å²) in [6.45, 7) is 9.26. The van der Waals surface area contributed by atoms with E-state index in [1.54, 1.807) is 0 Å². The number of nitrogens with two attached hydrogens (primary N) is 1. The molecule has 0 heterocycles. The molecule has 0 aliphatic heterocycles. The summed E-state index contributed by atoms with van der Waals surface area (Å²) in [4.78, 5) is 20.2. The Hall–Kier alpha value is -1.58. The third-order valence-corrected chi connectivity index (χ3v) is 3.61. The van der Waals surface area contributed by atoms with Crippen LogP contribution in [0.15, 0.2) is 25.3 Å². The van der Waals surface area contributed by atoms with Crippen LogP contribution in [-0.2, 0) is 14.3 Å². The summed E-state index contributed by atoms with van der Waals surface area (Å²) in [6.07, 6.45) is 18.2. The molecule has 0 aromatic carbocycles. The predicted octanol–water partition coefficient (Wildman–Crippen LogP) is 5.07. The molecule has 4 heteroatoms. The highest BCUT2D eigenvalue weighted by atomic mass is 16.5. The monoisotopic (exact) mass is 339 g/mol. The van der Waals surface area contributed by atoms with Gasteiger partial charge in [0.2, 0.25) is 5.91 Å². The summed E-state index contributed by atoms with van der Waals surface area (Å²) in [6, 6.07) is 0. The van der Waals surface area contributed by atoms with E-state index >= 15 is 0 Å². The van der Waals surface area contributed by atoms with Gasteiger partial charge in [-0.25, -0.2) is 4.79 Å². The normalized spacial score (nSPS) is 9.54. The fourth-order valence-corrected chi connectivity index (χ4v) is 2.17. The van der Waals surface area contributed by atoms with Crippen molar-refractivity contribution in [3.63, 3.8) is 0 Å². The van der Waals surface area contributed by atoms with Crippen LogP contribution in [0.25, 0.3) is 0 Å². The number of rotatable bonds is 15. The molecule has 0 atom stereocenters. The molecule has 0 saturated carbocycles. The number of ether oxygens (including phenoxy) is 1. The van der Waals surface area contributed by atoms with Gasteiger partial charge in [0, 0.05) is 6.08 Å². The van der Waals surface area contributed by atoms with Crippen molar-refractivity contribution in [3.05, 3.63) is 25.3 Å². The molecule has 0 fully saturated rings. The van der Waals surface area contributed by atoms with Crippen LogP contribution in [0.1, 0.15) is 84.0 Å². The molecule has 0 aromatic rings. The van der Waals surface area contributed by atoms with Crippen molar-refractivity contribution in [1.29, 1.82) is 0 Å². The van der Waals surface area contributed by atoms with Crippen molar-refractivity contribution in [2.45, 2.75) is 84.0 Å². The Morgan fingerprint density at radius 1 is 0.792 bits per heavy atom. The van der Waals surface area contributed by atoms with E-state index in [0.29, 0.717) is 6.61 Å². The van der Waals surface area contributed by atoms with E-state index in [2.05, 4.69) is 25.8 Å². The largest absolute Gasteiger partial charge is 0.463 e. The maximum atomic E-state index is 10.8. The second kappa shape index (κ2) is 21.4. The molecule has 140 valence electrons. The number of esters is 1. The van der Waals surface area contributed by atoms with Gasteiger partial charge in [0.05, 0.1) is 6.61 Å². The summed E-state index contributed by atoms with van der Waals surface area (Å²) in [5.74, 6) is -0.784. The first kappa shape index (κ1) is 24.7. The van der Waals surface area contributed by atoms with Crippen LogP contribution in [-0.4, -0.2) is 18.5 Å². The average molecular weight is 340 g/mol. The molecule has 0 rings (SSSR count). The van der Waals surface area contributed by atoms with Gasteiger partial charge in [-0.15, -0.1) is 0 Å². The van der Waals surface area contributed by atoms with Crippen LogP contribution in [0, 0.1) is 0 Å². The summed E-state index contributed by atoms with van der Waals surface area (Å²) in [5.41, 5.74) is 4.53. The SMILES string of the molecule is C=CC(=O)OCCCCCCCCCCCCCC.C=CC(N)=O. The summed E-state index contributed by atoms with van der Waals surface area (Å²) < 4.78 is 4.93. The highest BCUT2D eigenvalue weighted by Crippen LogP contribution is 2.11. The van der Waals surface area contributed by atoms with Gasteiger partial charge in [0.25, 0.3) is 0 Å². The Kier molecular flexibility index (Phi) is 22.0. The van der Waals surface area contributed by atoms with Crippen LogP contribution in [0.4, 0.5) is 0 Å². The lowest BCUT2D eigenvalue weighted by Crippen LogP contribution is -2.04. The van der Waals surface area contributed by atoms with E-state index < -0.39 is 5.91 Å². The van der Waals surface area contributed by atoms with Crippen LogP contribution in [0.5, 0.6) is 0 Å². The zero-order valence-electron chi connectivity index (χ0n) is 15.6. The van der Waals surface area contributed by atoms with E-state index in [-0.39, 0.29) is 5.97 Å². The molecule has 4 nitrogen and oxygen atoms in total. The van der Waals surface area contributed by atoms with Crippen LogP contribution in [0.3, 0.4) is 0 Å². The summed E-state index contributed by atoms with van der Waals surface area (Å²) in [7, 11) is 0. The minimum Gasteiger partial charge on any atom is -0.463 e. The molecular weight excluding hydrogens is 302 g/mol. The molecule has 24 heavy (non-hydrogen) atoms. The number of carbonyl (C=O) groups is 2. The molecule has 0 bridgehead atoms. The van der Waals surface area contributed by atoms with Crippen molar-refractivity contribution < 1.29 is 14.3 Å². The highest BCUT2D eigenvalue weighted by molar-refractivity contribution is 5.85. The Balaban J connectivity index is 0. The van der Waals surface area contributed by atoms with Crippen LogP contribution >= 0.6 is 0 Å².